The van der Waals surface area contributed by atoms with Crippen LogP contribution in [0.1, 0.15) is 28.0 Å². The predicted molar refractivity (Wildman–Crippen MR) is 99.2 cm³/mol. The van der Waals surface area contributed by atoms with Crippen LogP contribution in [0.2, 0.25) is 0 Å². The molecule has 1 aromatic heterocycles. The molecule has 3 heterocycles. The summed E-state index contributed by atoms with van der Waals surface area (Å²) in [6, 6.07) is 6.69. The van der Waals surface area contributed by atoms with Gasteiger partial charge in [-0.1, -0.05) is 0 Å². The molecule has 9 heteroatoms. The number of hydrogen-bond donors (Lipinski definition) is 2. The molecule has 2 aromatic rings. The number of likely N-dealkylation sites (tertiary alicyclic amines) is 1. The zero-order chi connectivity index (χ0) is 20.8. The van der Waals surface area contributed by atoms with Gasteiger partial charge in [-0.05, 0) is 36.8 Å². The fraction of sp³-hybridized carbons (Fsp3) is 0.250. The van der Waals surface area contributed by atoms with E-state index in [1.165, 1.54) is 29.3 Å². The van der Waals surface area contributed by atoms with E-state index in [2.05, 4.69) is 10.3 Å². The summed E-state index contributed by atoms with van der Waals surface area (Å²) in [5.41, 5.74) is 4.63. The highest BCUT2D eigenvalue weighted by atomic mass is 19.1. The number of aromatic nitrogens is 1. The number of rotatable bonds is 1. The number of halogens is 3. The van der Waals surface area contributed by atoms with Crippen LogP contribution in [0.4, 0.5) is 18.9 Å². The van der Waals surface area contributed by atoms with Crippen LogP contribution in [-0.2, 0) is 0 Å². The van der Waals surface area contributed by atoms with Gasteiger partial charge in [0.1, 0.15) is 29.6 Å². The summed E-state index contributed by atoms with van der Waals surface area (Å²) >= 11 is 0. The summed E-state index contributed by atoms with van der Waals surface area (Å²) in [5, 5.41) is 11.6. The number of carbonyl (C=O) groups excluding carboxylic acids is 1. The van der Waals surface area contributed by atoms with Crippen molar-refractivity contribution < 1.29 is 18.0 Å². The quantitative estimate of drug-likeness (QED) is 0.769. The number of anilines is 1. The molecule has 1 aromatic carbocycles. The lowest BCUT2D eigenvalue weighted by molar-refractivity contribution is 0.0544. The average Bonchev–Trinajstić information content (AvgIpc) is 2.72. The highest BCUT2D eigenvalue weighted by molar-refractivity contribution is 5.92. The number of amides is 1. The summed E-state index contributed by atoms with van der Waals surface area (Å²) < 4.78 is 43.5. The molecule has 0 bridgehead atoms. The van der Waals surface area contributed by atoms with Crippen molar-refractivity contribution in [2.45, 2.75) is 18.1 Å². The second kappa shape index (κ2) is 6.81. The van der Waals surface area contributed by atoms with E-state index in [0.717, 1.165) is 12.1 Å². The monoisotopic (exact) mass is 399 g/mol. The van der Waals surface area contributed by atoms with Crippen LogP contribution in [-0.4, -0.2) is 40.6 Å². The van der Waals surface area contributed by atoms with Gasteiger partial charge in [0, 0.05) is 18.4 Å². The highest BCUT2D eigenvalue weighted by Gasteiger charge is 2.46. The maximum Gasteiger partial charge on any atom is 0.272 e. The molecule has 2 aliphatic heterocycles. The Hall–Kier alpha value is -3.54. The Kier molecular flexibility index (Phi) is 4.42. The van der Waals surface area contributed by atoms with E-state index < -0.39 is 29.3 Å². The standard InChI is InChI=1S/C20H16F3N5O/c21-12-2-3-13(22)18-17(12)14(25)7-20(27-18)5-6-28(10-16(20)23)19(29)15-4-1-11(8-24)9-26-15/h1-4,7,9,16,27H,5-6,10,25H2/t16-,20+/m0/s1. The third-order valence-electron chi connectivity index (χ3n) is 5.30. The molecule has 1 amide bonds. The lowest BCUT2D eigenvalue weighted by Crippen LogP contribution is -2.59. The second-order valence-corrected chi connectivity index (χ2v) is 7.06. The third-order valence-corrected chi connectivity index (χ3v) is 5.30. The molecule has 6 nitrogen and oxygen atoms in total. The maximum absolute atomic E-state index is 15.2. The van der Waals surface area contributed by atoms with Gasteiger partial charge in [-0.3, -0.25) is 4.79 Å². The number of alkyl halides is 1. The molecular formula is C20H16F3N5O. The third kappa shape index (κ3) is 3.06. The zero-order valence-electron chi connectivity index (χ0n) is 15.1. The summed E-state index contributed by atoms with van der Waals surface area (Å²) in [6.45, 7) is -0.118. The van der Waals surface area contributed by atoms with Crippen molar-refractivity contribution in [3.8, 4) is 6.07 Å². The molecule has 1 saturated heterocycles. The van der Waals surface area contributed by atoms with Crippen molar-refractivity contribution in [1.29, 1.82) is 5.26 Å². The smallest absolute Gasteiger partial charge is 0.272 e. The van der Waals surface area contributed by atoms with Crippen LogP contribution in [0.3, 0.4) is 0 Å². The molecule has 1 spiro atoms. The largest absolute Gasteiger partial charge is 0.398 e. The SMILES string of the molecule is N#Cc1ccc(C(=O)N2CC[C@@]3(C=C(N)c4c(F)ccc(F)c4N3)[C@@H](F)C2)nc1. The van der Waals surface area contributed by atoms with Gasteiger partial charge in [0.2, 0.25) is 0 Å². The molecule has 29 heavy (non-hydrogen) atoms. The number of nitrogens with zero attached hydrogens (tertiary/aromatic N) is 3. The van der Waals surface area contributed by atoms with Crippen LogP contribution in [0, 0.1) is 23.0 Å². The average molecular weight is 399 g/mol. The molecule has 4 rings (SSSR count). The predicted octanol–water partition coefficient (Wildman–Crippen LogP) is 2.58. The Morgan fingerprint density at radius 3 is 2.72 bits per heavy atom. The Bertz CT molecular complexity index is 1060. The number of benzene rings is 1. The minimum atomic E-state index is -1.62. The topological polar surface area (TPSA) is 95.0 Å². The molecular weight excluding hydrogens is 383 g/mol. The van der Waals surface area contributed by atoms with Gasteiger partial charge in [-0.2, -0.15) is 5.26 Å². The van der Waals surface area contributed by atoms with Crippen molar-refractivity contribution in [3.05, 3.63) is 65.0 Å². The Morgan fingerprint density at radius 1 is 1.31 bits per heavy atom. The van der Waals surface area contributed by atoms with Crippen LogP contribution >= 0.6 is 0 Å². The number of pyridine rings is 1. The van der Waals surface area contributed by atoms with E-state index in [1.54, 1.807) is 0 Å². The van der Waals surface area contributed by atoms with Gasteiger partial charge in [0.05, 0.1) is 28.9 Å². The molecule has 3 N–H and O–H groups in total. The summed E-state index contributed by atoms with van der Waals surface area (Å²) in [7, 11) is 0. The molecule has 2 atom stereocenters. The number of hydrogen-bond acceptors (Lipinski definition) is 5. The van der Waals surface area contributed by atoms with E-state index in [4.69, 9.17) is 11.0 Å². The molecule has 2 aliphatic rings. The second-order valence-electron chi connectivity index (χ2n) is 7.06. The number of piperidine rings is 1. The van der Waals surface area contributed by atoms with E-state index in [9.17, 15) is 13.6 Å². The Labute approximate surface area is 164 Å². The van der Waals surface area contributed by atoms with Crippen molar-refractivity contribution in [3.63, 3.8) is 0 Å². The van der Waals surface area contributed by atoms with Crippen LogP contribution in [0.25, 0.3) is 5.70 Å². The highest BCUT2D eigenvalue weighted by Crippen LogP contribution is 2.40. The first-order valence-electron chi connectivity index (χ1n) is 8.89. The molecule has 148 valence electrons. The van der Waals surface area contributed by atoms with Gasteiger partial charge in [-0.25, -0.2) is 18.2 Å². The fourth-order valence-electron chi connectivity index (χ4n) is 3.74. The van der Waals surface area contributed by atoms with Crippen molar-refractivity contribution in [2.75, 3.05) is 18.4 Å². The van der Waals surface area contributed by atoms with Crippen molar-refractivity contribution in [2.24, 2.45) is 5.73 Å². The lowest BCUT2D eigenvalue weighted by Gasteiger charge is -2.45. The molecule has 0 aliphatic carbocycles. The number of nitrogens with one attached hydrogen (secondary N) is 1. The normalized spacial score (nSPS) is 23.0. The van der Waals surface area contributed by atoms with Gasteiger partial charge < -0.3 is 16.0 Å². The number of carbonyl (C=O) groups is 1. The summed E-state index contributed by atoms with van der Waals surface area (Å²) in [4.78, 5) is 17.9. The van der Waals surface area contributed by atoms with Crippen LogP contribution in [0.15, 0.2) is 36.5 Å². The van der Waals surface area contributed by atoms with Crippen molar-refractivity contribution in [1.82, 2.24) is 9.88 Å². The molecule has 0 radical (unpaired) electrons. The Balaban J connectivity index is 1.58. The Morgan fingerprint density at radius 2 is 2.07 bits per heavy atom. The first kappa shape index (κ1) is 18.8. The summed E-state index contributed by atoms with van der Waals surface area (Å²) in [6.07, 6.45) is 1.12. The van der Waals surface area contributed by atoms with Gasteiger partial charge in [-0.15, -0.1) is 0 Å². The lowest BCUT2D eigenvalue weighted by atomic mass is 9.81. The van der Waals surface area contributed by atoms with Gasteiger partial charge in [0.25, 0.3) is 5.91 Å². The minimum absolute atomic E-state index is 0.0491. The minimum Gasteiger partial charge on any atom is -0.398 e. The van der Waals surface area contributed by atoms with Gasteiger partial charge in [0.15, 0.2) is 0 Å². The van der Waals surface area contributed by atoms with Crippen molar-refractivity contribution >= 4 is 17.3 Å². The first-order chi connectivity index (χ1) is 13.8. The number of nitrogens with two attached hydrogens (primary N) is 1. The molecule has 0 unspecified atom stereocenters. The number of fused-ring (bicyclic) bond motifs is 1. The fourth-order valence-corrected chi connectivity index (χ4v) is 3.74. The van der Waals surface area contributed by atoms with Crippen LogP contribution in [0.5, 0.6) is 0 Å². The first-order valence-corrected chi connectivity index (χ1v) is 8.89. The van der Waals surface area contributed by atoms with E-state index >= 15 is 4.39 Å². The van der Waals surface area contributed by atoms with E-state index in [1.807, 2.05) is 6.07 Å². The van der Waals surface area contributed by atoms with Crippen LogP contribution < -0.4 is 11.1 Å². The molecule has 1 fully saturated rings. The van der Waals surface area contributed by atoms with E-state index in [-0.39, 0.29) is 42.2 Å². The number of nitriles is 1. The van der Waals surface area contributed by atoms with Gasteiger partial charge >= 0.3 is 0 Å². The molecule has 0 saturated carbocycles. The van der Waals surface area contributed by atoms with E-state index in [0.29, 0.717) is 5.56 Å². The summed E-state index contributed by atoms with van der Waals surface area (Å²) in [5.74, 6) is -1.91. The maximum atomic E-state index is 15.2. The zero-order valence-corrected chi connectivity index (χ0v) is 15.1.